The number of hydrogen-bond donors (Lipinski definition) is 1. The lowest BCUT2D eigenvalue weighted by Crippen LogP contribution is -2.51. The molecule has 1 atom stereocenters. The largest absolute Gasteiger partial charge is 0.473 e. The van der Waals surface area contributed by atoms with E-state index in [1.54, 1.807) is 0 Å². The highest BCUT2D eigenvalue weighted by Gasteiger charge is 2.36. The zero-order chi connectivity index (χ0) is 15.0. The summed E-state index contributed by atoms with van der Waals surface area (Å²) < 4.78 is 5.61. The van der Waals surface area contributed by atoms with Crippen molar-refractivity contribution in [2.24, 2.45) is 0 Å². The van der Waals surface area contributed by atoms with Gasteiger partial charge in [-0.15, -0.1) is 0 Å². The average Bonchev–Trinajstić information content (AvgIpc) is 2.82. The first-order valence-electron chi connectivity index (χ1n) is 7.38. The van der Waals surface area contributed by atoms with Crippen LogP contribution in [0.25, 0.3) is 0 Å². The number of fused-ring (bicyclic) bond motifs is 1. The molecule has 7 heteroatoms. The van der Waals surface area contributed by atoms with Crippen LogP contribution in [-0.2, 0) is 4.79 Å². The first-order valence-corrected chi connectivity index (χ1v) is 7.38. The average molecular weight is 291 g/mol. The molecule has 3 heterocycles. The van der Waals surface area contributed by atoms with E-state index in [9.17, 15) is 4.79 Å². The first-order chi connectivity index (χ1) is 10.1. The quantitative estimate of drug-likeness (QED) is 0.880. The number of rotatable bonds is 3. The maximum Gasteiger partial charge on any atom is 0.242 e. The number of anilines is 2. The molecule has 1 aromatic heterocycles. The fraction of sp³-hybridized carbons (Fsp3) is 0.643. The molecule has 2 aliphatic rings. The van der Waals surface area contributed by atoms with Gasteiger partial charge in [-0.05, 0) is 20.3 Å². The number of aromatic nitrogens is 2. The zero-order valence-electron chi connectivity index (χ0n) is 12.5. The number of nitrogen functional groups attached to an aromatic ring is 1. The van der Waals surface area contributed by atoms with E-state index in [4.69, 9.17) is 10.5 Å². The Balaban J connectivity index is 1.80. The van der Waals surface area contributed by atoms with Gasteiger partial charge in [-0.25, -0.2) is 4.98 Å². The number of hydrogen-bond acceptors (Lipinski definition) is 6. The molecule has 2 aliphatic heterocycles. The Morgan fingerprint density at radius 3 is 2.95 bits per heavy atom. The van der Waals surface area contributed by atoms with Crippen LogP contribution < -0.4 is 15.4 Å². The molecular weight excluding hydrogens is 270 g/mol. The summed E-state index contributed by atoms with van der Waals surface area (Å²) in [6, 6.07) is 0.273. The number of carbonyl (C=O) groups excluding carboxylic acids is 1. The van der Waals surface area contributed by atoms with Crippen LogP contribution in [0.3, 0.4) is 0 Å². The van der Waals surface area contributed by atoms with Gasteiger partial charge in [-0.1, -0.05) is 0 Å². The lowest BCUT2D eigenvalue weighted by molar-refractivity contribution is -0.129. The molecule has 0 aromatic carbocycles. The predicted molar refractivity (Wildman–Crippen MR) is 79.2 cm³/mol. The standard InChI is InChI=1S/C14H21N5O2/c1-9(2)21-14-12(15)13(16-8-17-14)18-5-6-19-10(7-18)3-4-11(19)20/h8-10H,3-7,15H2,1-2H3. The van der Waals surface area contributed by atoms with Gasteiger partial charge in [0.25, 0.3) is 0 Å². The summed E-state index contributed by atoms with van der Waals surface area (Å²) in [5, 5.41) is 0. The summed E-state index contributed by atoms with van der Waals surface area (Å²) in [7, 11) is 0. The van der Waals surface area contributed by atoms with E-state index in [1.807, 2.05) is 18.7 Å². The zero-order valence-corrected chi connectivity index (χ0v) is 12.5. The molecule has 21 heavy (non-hydrogen) atoms. The number of nitrogens with zero attached hydrogens (tertiary/aromatic N) is 4. The second-order valence-electron chi connectivity index (χ2n) is 5.81. The Morgan fingerprint density at radius 1 is 1.38 bits per heavy atom. The minimum Gasteiger partial charge on any atom is -0.473 e. The van der Waals surface area contributed by atoms with E-state index in [0.29, 0.717) is 23.8 Å². The van der Waals surface area contributed by atoms with Gasteiger partial charge in [0.05, 0.1) is 6.10 Å². The summed E-state index contributed by atoms with van der Waals surface area (Å²) in [5.74, 6) is 1.40. The van der Waals surface area contributed by atoms with Crippen molar-refractivity contribution in [1.82, 2.24) is 14.9 Å². The molecule has 0 aliphatic carbocycles. The molecule has 3 rings (SSSR count). The van der Waals surface area contributed by atoms with Crippen LogP contribution >= 0.6 is 0 Å². The molecule has 1 aromatic rings. The SMILES string of the molecule is CC(C)Oc1ncnc(N2CCN3C(=O)CCC3C2)c1N. The lowest BCUT2D eigenvalue weighted by Gasteiger charge is -2.38. The molecule has 2 fully saturated rings. The molecule has 2 N–H and O–H groups in total. The van der Waals surface area contributed by atoms with E-state index in [-0.39, 0.29) is 18.1 Å². The molecule has 1 amide bonds. The number of amides is 1. The van der Waals surface area contributed by atoms with E-state index in [0.717, 1.165) is 26.1 Å². The van der Waals surface area contributed by atoms with Crippen molar-refractivity contribution in [3.8, 4) is 5.88 Å². The number of nitrogens with two attached hydrogens (primary N) is 1. The smallest absolute Gasteiger partial charge is 0.242 e. The molecule has 0 bridgehead atoms. The molecule has 1 unspecified atom stereocenters. The Kier molecular flexibility index (Phi) is 3.57. The van der Waals surface area contributed by atoms with Crippen LogP contribution in [0.1, 0.15) is 26.7 Å². The summed E-state index contributed by atoms with van der Waals surface area (Å²) in [6.45, 7) is 6.11. The van der Waals surface area contributed by atoms with Crippen molar-refractivity contribution >= 4 is 17.4 Å². The number of piperazine rings is 1. The second kappa shape index (κ2) is 5.38. The Labute approximate surface area is 124 Å². The van der Waals surface area contributed by atoms with Gasteiger partial charge >= 0.3 is 0 Å². The van der Waals surface area contributed by atoms with Crippen molar-refractivity contribution in [2.45, 2.75) is 38.8 Å². The monoisotopic (exact) mass is 291 g/mol. The molecule has 114 valence electrons. The van der Waals surface area contributed by atoms with E-state index in [2.05, 4.69) is 14.9 Å². The lowest BCUT2D eigenvalue weighted by atomic mass is 10.1. The van der Waals surface area contributed by atoms with E-state index < -0.39 is 0 Å². The predicted octanol–water partition coefficient (Wildman–Crippen LogP) is 0.657. The van der Waals surface area contributed by atoms with Crippen LogP contribution in [0, 0.1) is 0 Å². The van der Waals surface area contributed by atoms with Crippen LogP contribution in [0.15, 0.2) is 6.33 Å². The van der Waals surface area contributed by atoms with Gasteiger partial charge in [0.1, 0.15) is 12.0 Å². The van der Waals surface area contributed by atoms with Crippen LogP contribution in [0.2, 0.25) is 0 Å². The second-order valence-corrected chi connectivity index (χ2v) is 5.81. The summed E-state index contributed by atoms with van der Waals surface area (Å²) in [4.78, 5) is 24.2. The Bertz CT molecular complexity index is 548. The summed E-state index contributed by atoms with van der Waals surface area (Å²) >= 11 is 0. The maximum absolute atomic E-state index is 11.7. The van der Waals surface area contributed by atoms with Gasteiger partial charge < -0.3 is 20.3 Å². The third kappa shape index (κ3) is 2.59. The summed E-state index contributed by atoms with van der Waals surface area (Å²) in [6.07, 6.45) is 3.06. The fourth-order valence-electron chi connectivity index (χ4n) is 3.00. The highest BCUT2D eigenvalue weighted by atomic mass is 16.5. The molecule has 0 spiro atoms. The van der Waals surface area contributed by atoms with E-state index in [1.165, 1.54) is 6.33 Å². The van der Waals surface area contributed by atoms with Crippen molar-refractivity contribution in [1.29, 1.82) is 0 Å². The Morgan fingerprint density at radius 2 is 2.19 bits per heavy atom. The van der Waals surface area contributed by atoms with Crippen molar-refractivity contribution in [3.05, 3.63) is 6.33 Å². The van der Waals surface area contributed by atoms with Gasteiger partial charge in [0.2, 0.25) is 11.8 Å². The maximum atomic E-state index is 11.7. The van der Waals surface area contributed by atoms with Gasteiger partial charge in [0.15, 0.2) is 5.82 Å². The van der Waals surface area contributed by atoms with Crippen LogP contribution in [0.4, 0.5) is 11.5 Å². The molecular formula is C14H21N5O2. The van der Waals surface area contributed by atoms with Gasteiger partial charge in [0, 0.05) is 32.1 Å². The topological polar surface area (TPSA) is 84.6 Å². The third-order valence-electron chi connectivity index (χ3n) is 3.97. The van der Waals surface area contributed by atoms with Crippen molar-refractivity contribution in [2.75, 3.05) is 30.3 Å². The highest BCUT2D eigenvalue weighted by Crippen LogP contribution is 2.32. The third-order valence-corrected chi connectivity index (χ3v) is 3.97. The Hall–Kier alpha value is -2.05. The van der Waals surface area contributed by atoms with Gasteiger partial charge in [-0.2, -0.15) is 4.98 Å². The number of ether oxygens (including phenoxy) is 1. The molecule has 0 saturated carbocycles. The highest BCUT2D eigenvalue weighted by molar-refractivity contribution is 5.79. The molecule has 2 saturated heterocycles. The van der Waals surface area contributed by atoms with Crippen molar-refractivity contribution < 1.29 is 9.53 Å². The molecule has 7 nitrogen and oxygen atoms in total. The van der Waals surface area contributed by atoms with Crippen molar-refractivity contribution in [3.63, 3.8) is 0 Å². The molecule has 0 radical (unpaired) electrons. The van der Waals surface area contributed by atoms with Crippen LogP contribution in [0.5, 0.6) is 5.88 Å². The first kappa shape index (κ1) is 13.9. The van der Waals surface area contributed by atoms with E-state index >= 15 is 0 Å². The van der Waals surface area contributed by atoms with Crippen LogP contribution in [-0.4, -0.2) is 52.6 Å². The number of carbonyl (C=O) groups is 1. The minimum atomic E-state index is 0.0133. The normalized spacial score (nSPS) is 21.9. The van der Waals surface area contributed by atoms with Gasteiger partial charge in [-0.3, -0.25) is 4.79 Å². The summed E-state index contributed by atoms with van der Waals surface area (Å²) in [5.41, 5.74) is 6.63. The minimum absolute atomic E-state index is 0.0133. The fourth-order valence-corrected chi connectivity index (χ4v) is 3.00.